The molecule has 2 atom stereocenters. The van der Waals surface area contributed by atoms with Crippen LogP contribution in [0.3, 0.4) is 0 Å². The minimum Gasteiger partial charge on any atom is -0.413 e. The summed E-state index contributed by atoms with van der Waals surface area (Å²) in [7, 11) is -2.19. The van der Waals surface area contributed by atoms with Gasteiger partial charge in [0.1, 0.15) is 5.60 Å². The molecular formula is C21H37BO4Si. The Kier molecular flexibility index (Phi) is 4.78. The first kappa shape index (κ1) is 21.3. The Labute approximate surface area is 166 Å². The molecule has 2 bridgehead atoms. The fourth-order valence-corrected chi connectivity index (χ4v) is 4.56. The topological polar surface area (TPSA) is 36.9 Å². The minimum absolute atomic E-state index is 0.169. The maximum atomic E-state index is 6.53. The molecule has 2 unspecified atom stereocenters. The van der Waals surface area contributed by atoms with Crippen LogP contribution in [0, 0.1) is 0 Å². The molecule has 0 amide bonds. The molecule has 0 spiro atoms. The summed E-state index contributed by atoms with van der Waals surface area (Å²) in [6, 6.07) is 0. The average molecular weight is 392 g/mol. The number of hydrogen-bond acceptors (Lipinski definition) is 4. The van der Waals surface area contributed by atoms with E-state index < -0.39 is 13.9 Å². The SMILES string of the molecule is CC12C=CC(CO[Si](C)(C)C(C)(C)C)(C=C(B3OC(C)(C)C(C)(C)O3)C1)O2. The van der Waals surface area contributed by atoms with Gasteiger partial charge in [0.25, 0.3) is 0 Å². The van der Waals surface area contributed by atoms with Crippen LogP contribution in [-0.4, -0.2) is 44.4 Å². The summed E-state index contributed by atoms with van der Waals surface area (Å²) in [5.41, 5.74) is -0.373. The van der Waals surface area contributed by atoms with Gasteiger partial charge in [-0.2, -0.15) is 0 Å². The fourth-order valence-electron chi connectivity index (χ4n) is 3.54. The molecule has 0 saturated carbocycles. The average Bonchev–Trinajstić information content (AvgIpc) is 2.85. The second-order valence-corrected chi connectivity index (χ2v) is 16.0. The normalized spacial score (nSPS) is 34.9. The van der Waals surface area contributed by atoms with Crippen LogP contribution in [0.15, 0.2) is 23.7 Å². The van der Waals surface area contributed by atoms with Crippen LogP contribution in [0.4, 0.5) is 0 Å². The van der Waals surface area contributed by atoms with E-state index in [2.05, 4.69) is 86.7 Å². The molecule has 3 heterocycles. The van der Waals surface area contributed by atoms with E-state index in [1.807, 2.05) is 0 Å². The predicted octanol–water partition coefficient (Wildman–Crippen LogP) is 5.05. The van der Waals surface area contributed by atoms with E-state index in [1.165, 1.54) is 0 Å². The molecule has 1 saturated heterocycles. The van der Waals surface area contributed by atoms with Crippen molar-refractivity contribution in [2.45, 2.75) is 102 Å². The Hall–Kier alpha value is -0.398. The first-order valence-corrected chi connectivity index (χ1v) is 13.0. The zero-order valence-corrected chi connectivity index (χ0v) is 19.9. The van der Waals surface area contributed by atoms with Crippen molar-refractivity contribution in [2.75, 3.05) is 6.61 Å². The lowest BCUT2D eigenvalue weighted by molar-refractivity contribution is -0.0815. The van der Waals surface area contributed by atoms with Gasteiger partial charge in [-0.1, -0.05) is 32.9 Å². The van der Waals surface area contributed by atoms with Crippen LogP contribution >= 0.6 is 0 Å². The van der Waals surface area contributed by atoms with Crippen molar-refractivity contribution in [3.8, 4) is 0 Å². The van der Waals surface area contributed by atoms with Crippen molar-refractivity contribution in [2.24, 2.45) is 0 Å². The largest absolute Gasteiger partial charge is 0.490 e. The molecule has 0 N–H and O–H groups in total. The van der Waals surface area contributed by atoms with E-state index in [-0.39, 0.29) is 29.0 Å². The van der Waals surface area contributed by atoms with Gasteiger partial charge < -0.3 is 18.5 Å². The first-order valence-electron chi connectivity index (χ1n) is 10.1. The fraction of sp³-hybridized carbons (Fsp3) is 0.810. The highest BCUT2D eigenvalue weighted by molar-refractivity contribution is 6.74. The molecule has 4 nitrogen and oxygen atoms in total. The maximum Gasteiger partial charge on any atom is 0.490 e. The third-order valence-corrected chi connectivity index (χ3v) is 11.6. The van der Waals surface area contributed by atoms with Gasteiger partial charge in [0.15, 0.2) is 8.32 Å². The second-order valence-electron chi connectivity index (χ2n) is 11.2. The Morgan fingerprint density at radius 2 is 1.59 bits per heavy atom. The Bertz CT molecular complexity index is 660. The summed E-state index contributed by atoms with van der Waals surface area (Å²) in [6.45, 7) is 22.4. The van der Waals surface area contributed by atoms with Crippen molar-refractivity contribution in [1.29, 1.82) is 0 Å². The van der Waals surface area contributed by atoms with Crippen molar-refractivity contribution in [1.82, 2.24) is 0 Å². The smallest absolute Gasteiger partial charge is 0.413 e. The summed E-state index contributed by atoms with van der Waals surface area (Å²) in [6.07, 6.45) is 7.31. The molecule has 0 aromatic carbocycles. The molecule has 0 aromatic rings. The highest BCUT2D eigenvalue weighted by Gasteiger charge is 2.56. The summed E-state index contributed by atoms with van der Waals surface area (Å²) in [4.78, 5) is 0. The van der Waals surface area contributed by atoms with Gasteiger partial charge in [-0.3, -0.25) is 0 Å². The molecule has 3 aliphatic heterocycles. The molecule has 152 valence electrons. The van der Waals surface area contributed by atoms with E-state index in [9.17, 15) is 0 Å². The van der Waals surface area contributed by atoms with E-state index in [4.69, 9.17) is 18.5 Å². The van der Waals surface area contributed by atoms with Gasteiger partial charge in [-0.15, -0.1) is 0 Å². The lowest BCUT2D eigenvalue weighted by atomic mass is 9.70. The van der Waals surface area contributed by atoms with E-state index in [0.717, 1.165) is 11.9 Å². The zero-order valence-electron chi connectivity index (χ0n) is 18.9. The van der Waals surface area contributed by atoms with Crippen LogP contribution in [0.25, 0.3) is 0 Å². The molecule has 6 heteroatoms. The van der Waals surface area contributed by atoms with Crippen molar-refractivity contribution >= 4 is 15.4 Å². The first-order chi connectivity index (χ1) is 12.0. The van der Waals surface area contributed by atoms with Crippen molar-refractivity contribution in [3.05, 3.63) is 23.7 Å². The van der Waals surface area contributed by atoms with Crippen LogP contribution in [0.2, 0.25) is 18.1 Å². The maximum absolute atomic E-state index is 6.53. The highest BCUT2D eigenvalue weighted by atomic mass is 28.4. The van der Waals surface area contributed by atoms with Gasteiger partial charge in [0, 0.05) is 0 Å². The summed E-state index contributed by atoms with van der Waals surface area (Å²) >= 11 is 0. The highest BCUT2D eigenvalue weighted by Crippen LogP contribution is 2.47. The summed E-state index contributed by atoms with van der Waals surface area (Å²) in [5, 5.41) is 0.169. The molecule has 3 rings (SSSR count). The molecule has 1 fully saturated rings. The Balaban J connectivity index is 1.84. The van der Waals surface area contributed by atoms with Crippen LogP contribution in [-0.2, 0) is 18.5 Å². The third kappa shape index (κ3) is 3.76. The van der Waals surface area contributed by atoms with E-state index in [1.54, 1.807) is 0 Å². The van der Waals surface area contributed by atoms with Crippen LogP contribution in [0.5, 0.6) is 0 Å². The van der Waals surface area contributed by atoms with Gasteiger partial charge >= 0.3 is 7.12 Å². The Morgan fingerprint density at radius 3 is 2.11 bits per heavy atom. The lowest BCUT2D eigenvalue weighted by Crippen LogP contribution is -2.49. The quantitative estimate of drug-likeness (QED) is 0.495. The molecule has 0 aliphatic carbocycles. The van der Waals surface area contributed by atoms with Gasteiger partial charge in [0.05, 0.1) is 23.4 Å². The minimum atomic E-state index is -1.86. The number of fused-ring (bicyclic) bond motifs is 2. The van der Waals surface area contributed by atoms with E-state index in [0.29, 0.717) is 6.61 Å². The number of ether oxygens (including phenoxy) is 1. The summed E-state index contributed by atoms with van der Waals surface area (Å²) in [5.74, 6) is 0. The predicted molar refractivity (Wildman–Crippen MR) is 113 cm³/mol. The standard InChI is InChI=1S/C21H37BO4Si/c1-17(2,3)27(9,10)23-15-21-12-11-20(8,24-21)13-16(14-21)22-25-18(4,5)19(6,7)26-22/h11-12,14H,13,15H2,1-10H3. The molecular weight excluding hydrogens is 355 g/mol. The van der Waals surface area contributed by atoms with Gasteiger partial charge in [-0.25, -0.2) is 0 Å². The number of hydrogen-bond donors (Lipinski definition) is 0. The van der Waals surface area contributed by atoms with Crippen LogP contribution < -0.4 is 0 Å². The van der Waals surface area contributed by atoms with Crippen molar-refractivity contribution < 1.29 is 18.5 Å². The lowest BCUT2D eigenvalue weighted by Gasteiger charge is -2.42. The third-order valence-electron chi connectivity index (χ3n) is 7.15. The monoisotopic (exact) mass is 392 g/mol. The van der Waals surface area contributed by atoms with Crippen LogP contribution in [0.1, 0.15) is 61.8 Å². The molecule has 3 aliphatic rings. The van der Waals surface area contributed by atoms with Gasteiger partial charge in [-0.05, 0) is 70.7 Å². The van der Waals surface area contributed by atoms with Crippen molar-refractivity contribution in [3.63, 3.8) is 0 Å². The van der Waals surface area contributed by atoms with Gasteiger partial charge in [0.2, 0.25) is 0 Å². The molecule has 27 heavy (non-hydrogen) atoms. The number of rotatable bonds is 4. The second kappa shape index (κ2) is 6.05. The Morgan fingerprint density at radius 1 is 1.04 bits per heavy atom. The van der Waals surface area contributed by atoms with E-state index >= 15 is 0 Å². The molecule has 0 aromatic heterocycles. The molecule has 0 radical (unpaired) electrons. The zero-order chi connectivity index (χ0) is 20.5. The summed E-state index contributed by atoms with van der Waals surface area (Å²) < 4.78 is 25.6.